The van der Waals surface area contributed by atoms with Gasteiger partial charge in [0.25, 0.3) is 11.5 Å². The summed E-state index contributed by atoms with van der Waals surface area (Å²) >= 11 is 0. The van der Waals surface area contributed by atoms with Gasteiger partial charge in [-0.3, -0.25) is 19.7 Å². The number of amides is 2. The maximum Gasteiger partial charge on any atom is 0.275 e. The van der Waals surface area contributed by atoms with Crippen LogP contribution in [0.5, 0.6) is 0 Å². The largest absolute Gasteiger partial charge is 0.371 e. The van der Waals surface area contributed by atoms with E-state index in [1.54, 1.807) is 32.4 Å². The van der Waals surface area contributed by atoms with E-state index in [0.717, 1.165) is 36.3 Å². The highest BCUT2D eigenvalue weighted by molar-refractivity contribution is 5.99. The molecule has 31 heavy (non-hydrogen) atoms. The third-order valence-corrected chi connectivity index (χ3v) is 6.12. The Morgan fingerprint density at radius 2 is 1.81 bits per heavy atom. The molecule has 2 aliphatic heterocycles. The number of benzene rings is 1. The normalized spacial score (nSPS) is 20.5. The van der Waals surface area contributed by atoms with Crippen molar-refractivity contribution in [1.29, 1.82) is 0 Å². The van der Waals surface area contributed by atoms with Gasteiger partial charge in [0.1, 0.15) is 6.04 Å². The number of rotatable bonds is 5. The molecule has 1 aromatic heterocycles. The highest BCUT2D eigenvalue weighted by Gasteiger charge is 2.31. The van der Waals surface area contributed by atoms with Gasteiger partial charge in [-0.25, -0.2) is 4.68 Å². The molecule has 2 fully saturated rings. The van der Waals surface area contributed by atoms with Gasteiger partial charge in [0.15, 0.2) is 6.29 Å². The molecule has 2 amide bonds. The van der Waals surface area contributed by atoms with E-state index >= 15 is 0 Å². The predicted octanol–water partition coefficient (Wildman–Crippen LogP) is 1.35. The van der Waals surface area contributed by atoms with Gasteiger partial charge < -0.3 is 14.4 Å². The fourth-order valence-electron chi connectivity index (χ4n) is 4.44. The van der Waals surface area contributed by atoms with Crippen LogP contribution in [0.2, 0.25) is 0 Å². The van der Waals surface area contributed by atoms with Crippen LogP contribution in [0, 0.1) is 11.9 Å². The van der Waals surface area contributed by atoms with Crippen molar-refractivity contribution in [2.45, 2.75) is 38.0 Å². The van der Waals surface area contributed by atoms with Crippen molar-refractivity contribution in [3.8, 4) is 0 Å². The summed E-state index contributed by atoms with van der Waals surface area (Å²) in [6.07, 6.45) is 1.67. The molecular weight excluding hydrogens is 407 g/mol. The molecule has 9 nitrogen and oxygen atoms in total. The first-order valence-corrected chi connectivity index (χ1v) is 10.3. The van der Waals surface area contributed by atoms with Gasteiger partial charge in [-0.1, -0.05) is 0 Å². The lowest BCUT2D eigenvalue weighted by atomic mass is 9.95. The Morgan fingerprint density at radius 3 is 2.45 bits per heavy atom. The molecule has 1 aromatic carbocycles. The molecule has 2 aliphatic rings. The molecule has 1 unspecified atom stereocenters. The first kappa shape index (κ1) is 21.4. The number of imide groups is 1. The molecule has 0 spiro atoms. The van der Waals surface area contributed by atoms with E-state index in [0.29, 0.717) is 0 Å². The Bertz CT molecular complexity index is 1060. The molecule has 0 saturated carbocycles. The Hall–Kier alpha value is -2.85. The molecule has 2 aromatic rings. The number of nitrogens with one attached hydrogen (secondary N) is 1. The number of nitrogens with zero attached hydrogens (tertiary/aromatic N) is 3. The van der Waals surface area contributed by atoms with E-state index in [-0.39, 0.29) is 35.8 Å². The molecule has 10 heteroatoms. The van der Waals surface area contributed by atoms with Crippen LogP contribution in [-0.2, 0) is 19.1 Å². The van der Waals surface area contributed by atoms with E-state index in [1.807, 2.05) is 0 Å². The van der Waals surface area contributed by atoms with Gasteiger partial charge in [0.2, 0.25) is 11.9 Å². The third kappa shape index (κ3) is 4.05. The zero-order valence-electron chi connectivity index (χ0n) is 17.5. The zero-order valence-corrected chi connectivity index (χ0v) is 17.5. The lowest BCUT2D eigenvalue weighted by Crippen LogP contribution is -2.45. The number of carbonyl (C=O) groups is 2. The van der Waals surface area contributed by atoms with Gasteiger partial charge in [0.05, 0.1) is 5.39 Å². The SMILES string of the molecule is COC(OC)C1CCN(c2ccc3c(=O)n(C4CCC(=O)NC4=O)nc(F)c3c2)CC1. The number of fused-ring (bicyclic) bond motifs is 1. The van der Waals surface area contributed by atoms with Crippen molar-refractivity contribution in [2.24, 2.45) is 5.92 Å². The number of ether oxygens (including phenoxy) is 2. The Labute approximate surface area is 178 Å². The van der Waals surface area contributed by atoms with Crippen LogP contribution in [0.3, 0.4) is 0 Å². The van der Waals surface area contributed by atoms with Gasteiger partial charge in [-0.15, -0.1) is 5.10 Å². The predicted molar refractivity (Wildman–Crippen MR) is 110 cm³/mol. The topological polar surface area (TPSA) is 103 Å². The van der Waals surface area contributed by atoms with E-state index in [9.17, 15) is 18.8 Å². The molecule has 0 aliphatic carbocycles. The van der Waals surface area contributed by atoms with E-state index in [1.165, 1.54) is 0 Å². The average Bonchev–Trinajstić information content (AvgIpc) is 2.77. The summed E-state index contributed by atoms with van der Waals surface area (Å²) in [7, 11) is 3.25. The molecule has 166 valence electrons. The van der Waals surface area contributed by atoms with Crippen molar-refractivity contribution in [3.05, 3.63) is 34.5 Å². The summed E-state index contributed by atoms with van der Waals surface area (Å²) in [5, 5.41) is 6.19. The van der Waals surface area contributed by atoms with Crippen LogP contribution in [-0.4, -0.2) is 55.2 Å². The quantitative estimate of drug-likeness (QED) is 0.562. The van der Waals surface area contributed by atoms with E-state index in [2.05, 4.69) is 15.3 Å². The van der Waals surface area contributed by atoms with Crippen molar-refractivity contribution in [3.63, 3.8) is 0 Å². The van der Waals surface area contributed by atoms with Crippen LogP contribution < -0.4 is 15.8 Å². The maximum absolute atomic E-state index is 14.9. The smallest absolute Gasteiger partial charge is 0.275 e. The molecule has 1 N–H and O–H groups in total. The van der Waals surface area contributed by atoms with Crippen LogP contribution >= 0.6 is 0 Å². The minimum absolute atomic E-state index is 0.0755. The fraction of sp³-hybridized carbons (Fsp3) is 0.524. The first-order chi connectivity index (χ1) is 14.9. The monoisotopic (exact) mass is 432 g/mol. The van der Waals surface area contributed by atoms with Crippen LogP contribution in [0.15, 0.2) is 23.0 Å². The second kappa shape index (κ2) is 8.72. The number of methoxy groups -OCH3 is 2. The second-order valence-electron chi connectivity index (χ2n) is 7.90. The molecule has 2 saturated heterocycles. The molecule has 1 atom stereocenters. The zero-order chi connectivity index (χ0) is 22.1. The first-order valence-electron chi connectivity index (χ1n) is 10.3. The highest BCUT2D eigenvalue weighted by atomic mass is 19.1. The molecule has 0 bridgehead atoms. The molecule has 0 radical (unpaired) electrons. The molecule has 3 heterocycles. The Kier molecular flexibility index (Phi) is 6.01. The highest BCUT2D eigenvalue weighted by Crippen LogP contribution is 2.29. The number of hydrogen-bond acceptors (Lipinski definition) is 7. The third-order valence-electron chi connectivity index (χ3n) is 6.12. The fourth-order valence-corrected chi connectivity index (χ4v) is 4.44. The van der Waals surface area contributed by atoms with Crippen LogP contribution in [0.1, 0.15) is 31.7 Å². The van der Waals surface area contributed by atoms with Crippen molar-refractivity contribution in [2.75, 3.05) is 32.2 Å². The summed E-state index contributed by atoms with van der Waals surface area (Å²) in [5.41, 5.74) is 0.246. The molecule has 4 rings (SSSR count). The lowest BCUT2D eigenvalue weighted by molar-refractivity contribution is -0.141. The number of aromatic nitrogens is 2. The Balaban J connectivity index is 1.59. The van der Waals surface area contributed by atoms with Gasteiger partial charge in [-0.05, 0) is 37.5 Å². The second-order valence-corrected chi connectivity index (χ2v) is 7.90. The van der Waals surface area contributed by atoms with Gasteiger partial charge in [-0.2, -0.15) is 4.39 Å². The molecular formula is C21H25FN4O5. The number of anilines is 1. The average molecular weight is 432 g/mol. The summed E-state index contributed by atoms with van der Waals surface area (Å²) < 4.78 is 26.4. The standard InChI is InChI=1S/C21H25FN4O5/c1-30-21(31-2)12-7-9-25(10-8-12)13-3-4-14-15(11-13)18(22)24-26(20(14)29)16-5-6-17(27)23-19(16)28/h3-4,11-12,16,21H,5-10H2,1-2H3,(H,23,27,28). The summed E-state index contributed by atoms with van der Waals surface area (Å²) in [6.45, 7) is 1.50. The number of piperidine rings is 2. The summed E-state index contributed by atoms with van der Waals surface area (Å²) in [5.74, 6) is -1.60. The Morgan fingerprint density at radius 1 is 1.10 bits per heavy atom. The van der Waals surface area contributed by atoms with Crippen molar-refractivity contribution in [1.82, 2.24) is 15.1 Å². The number of hydrogen-bond donors (Lipinski definition) is 1. The maximum atomic E-state index is 14.9. The number of halogens is 1. The summed E-state index contributed by atoms with van der Waals surface area (Å²) in [6, 6.07) is 3.97. The van der Waals surface area contributed by atoms with E-state index in [4.69, 9.17) is 9.47 Å². The van der Waals surface area contributed by atoms with E-state index < -0.39 is 29.4 Å². The minimum atomic E-state index is -1.00. The number of carbonyl (C=O) groups excluding carboxylic acids is 2. The summed E-state index contributed by atoms with van der Waals surface area (Å²) in [4.78, 5) is 38.5. The minimum Gasteiger partial charge on any atom is -0.371 e. The van der Waals surface area contributed by atoms with Crippen LogP contribution in [0.4, 0.5) is 10.1 Å². The van der Waals surface area contributed by atoms with Crippen molar-refractivity contribution >= 4 is 28.3 Å². The van der Waals surface area contributed by atoms with Crippen molar-refractivity contribution < 1.29 is 23.5 Å². The van der Waals surface area contributed by atoms with Gasteiger partial charge >= 0.3 is 0 Å². The lowest BCUT2D eigenvalue weighted by Gasteiger charge is -2.36. The van der Waals surface area contributed by atoms with Crippen LogP contribution in [0.25, 0.3) is 10.8 Å². The van der Waals surface area contributed by atoms with Gasteiger partial charge in [0, 0.05) is 50.7 Å².